The Morgan fingerprint density at radius 1 is 1.39 bits per heavy atom. The molecular weight excluding hydrogens is 232 g/mol. The molecule has 1 saturated heterocycles. The Morgan fingerprint density at radius 2 is 2.28 bits per heavy atom. The molecule has 1 amide bonds. The molecule has 1 aliphatic heterocycles. The lowest BCUT2D eigenvalue weighted by Gasteiger charge is -2.15. The fraction of sp³-hybridized carbons (Fsp3) is 0.818. The lowest BCUT2D eigenvalue weighted by atomic mass is 10.1. The summed E-state index contributed by atoms with van der Waals surface area (Å²) in [5.74, 6) is 0.579. The minimum atomic E-state index is -0.0211. The molecule has 1 atom stereocenters. The molecule has 0 bridgehead atoms. The number of rotatable bonds is 5. The van der Waals surface area contributed by atoms with Crippen molar-refractivity contribution in [2.45, 2.75) is 31.8 Å². The van der Waals surface area contributed by atoms with Gasteiger partial charge in [0.05, 0.1) is 0 Å². The second-order valence-electron chi connectivity index (χ2n) is 5.19. The normalized spacial score (nSPS) is 24.3. The largest absolute Gasteiger partial charge is 0.354 e. The van der Waals surface area contributed by atoms with E-state index < -0.39 is 0 Å². The first-order chi connectivity index (χ1) is 8.81. The zero-order valence-electron chi connectivity index (χ0n) is 10.3. The van der Waals surface area contributed by atoms with Crippen molar-refractivity contribution in [3.05, 3.63) is 6.33 Å². The van der Waals surface area contributed by atoms with Gasteiger partial charge in [0.1, 0.15) is 12.9 Å². The van der Waals surface area contributed by atoms with Crippen LogP contribution in [0.15, 0.2) is 6.33 Å². The summed E-state index contributed by atoms with van der Waals surface area (Å²) in [7, 11) is 0. The molecule has 2 heterocycles. The van der Waals surface area contributed by atoms with Crippen molar-refractivity contribution in [2.24, 2.45) is 5.92 Å². The summed E-state index contributed by atoms with van der Waals surface area (Å²) in [4.78, 5) is 14.2. The van der Waals surface area contributed by atoms with E-state index in [0.29, 0.717) is 5.92 Å². The predicted molar refractivity (Wildman–Crippen MR) is 63.5 cm³/mol. The first-order valence-electron chi connectivity index (χ1n) is 6.53. The molecule has 98 valence electrons. The third-order valence-electron chi connectivity index (χ3n) is 3.67. The van der Waals surface area contributed by atoms with Gasteiger partial charge in [-0.05, 0) is 42.2 Å². The van der Waals surface area contributed by atoms with Crippen molar-refractivity contribution in [2.75, 3.05) is 19.6 Å². The number of amides is 1. The molecule has 1 unspecified atom stereocenters. The average Bonchev–Trinajstić information content (AvgIpc) is 2.90. The Bertz CT molecular complexity index is 402. The maximum Gasteiger partial charge on any atom is 0.241 e. The van der Waals surface area contributed by atoms with Crippen LogP contribution >= 0.6 is 0 Å². The number of likely N-dealkylation sites (tertiary alicyclic amines) is 1. The average molecular weight is 250 g/mol. The maximum atomic E-state index is 11.7. The van der Waals surface area contributed by atoms with Gasteiger partial charge < -0.3 is 10.2 Å². The van der Waals surface area contributed by atoms with Gasteiger partial charge in [-0.15, -0.1) is 5.10 Å². The van der Waals surface area contributed by atoms with Crippen LogP contribution in [0.5, 0.6) is 0 Å². The number of hydrogen-bond acceptors (Lipinski definition) is 5. The number of nitrogens with zero attached hydrogens (tertiary/aromatic N) is 5. The second kappa shape index (κ2) is 5.01. The lowest BCUT2D eigenvalue weighted by Crippen LogP contribution is -2.33. The van der Waals surface area contributed by atoms with E-state index in [9.17, 15) is 4.79 Å². The molecule has 18 heavy (non-hydrogen) atoms. The molecule has 7 heteroatoms. The van der Waals surface area contributed by atoms with E-state index in [2.05, 4.69) is 25.7 Å². The molecule has 1 aromatic heterocycles. The van der Waals surface area contributed by atoms with Gasteiger partial charge in [-0.3, -0.25) is 4.79 Å². The summed E-state index contributed by atoms with van der Waals surface area (Å²) in [6.07, 6.45) is 5.36. The van der Waals surface area contributed by atoms with Crippen LogP contribution in [0.4, 0.5) is 0 Å². The highest BCUT2D eigenvalue weighted by molar-refractivity contribution is 5.75. The van der Waals surface area contributed by atoms with Gasteiger partial charge in [-0.1, -0.05) is 0 Å². The van der Waals surface area contributed by atoms with Crippen LogP contribution in [0.25, 0.3) is 0 Å². The first-order valence-corrected chi connectivity index (χ1v) is 6.53. The molecular formula is C11H18N6O. The molecule has 1 aliphatic carbocycles. The summed E-state index contributed by atoms with van der Waals surface area (Å²) in [5, 5.41) is 13.6. The van der Waals surface area contributed by atoms with Crippen molar-refractivity contribution >= 4 is 5.91 Å². The number of tetrazole rings is 1. The van der Waals surface area contributed by atoms with E-state index in [1.807, 2.05) is 0 Å². The SMILES string of the molecule is O=C(Cn1cnnn1)NCC1CCN(C2CC2)C1. The first kappa shape index (κ1) is 11.6. The monoisotopic (exact) mass is 250 g/mol. The zero-order valence-corrected chi connectivity index (χ0v) is 10.3. The van der Waals surface area contributed by atoms with Crippen LogP contribution in [-0.2, 0) is 11.3 Å². The Morgan fingerprint density at radius 3 is 3.00 bits per heavy atom. The molecule has 7 nitrogen and oxygen atoms in total. The number of aromatic nitrogens is 4. The van der Waals surface area contributed by atoms with E-state index in [1.165, 1.54) is 36.8 Å². The van der Waals surface area contributed by atoms with Crippen molar-refractivity contribution < 1.29 is 4.79 Å². The van der Waals surface area contributed by atoms with Crippen LogP contribution in [0.2, 0.25) is 0 Å². The van der Waals surface area contributed by atoms with E-state index in [4.69, 9.17) is 0 Å². The van der Waals surface area contributed by atoms with Crippen LogP contribution in [0, 0.1) is 5.92 Å². The van der Waals surface area contributed by atoms with Gasteiger partial charge in [0, 0.05) is 19.1 Å². The van der Waals surface area contributed by atoms with Crippen LogP contribution < -0.4 is 5.32 Å². The third kappa shape index (κ3) is 2.84. The molecule has 3 rings (SSSR count). The van der Waals surface area contributed by atoms with Crippen LogP contribution in [-0.4, -0.2) is 56.7 Å². The van der Waals surface area contributed by atoms with E-state index in [1.54, 1.807) is 0 Å². The summed E-state index contributed by atoms with van der Waals surface area (Å²) in [5.41, 5.74) is 0. The van der Waals surface area contributed by atoms with Crippen LogP contribution in [0.1, 0.15) is 19.3 Å². The van der Waals surface area contributed by atoms with Gasteiger partial charge in [0.25, 0.3) is 0 Å². The molecule has 1 N–H and O–H groups in total. The van der Waals surface area contributed by atoms with E-state index >= 15 is 0 Å². The smallest absolute Gasteiger partial charge is 0.241 e. The zero-order chi connectivity index (χ0) is 12.4. The van der Waals surface area contributed by atoms with Gasteiger partial charge in [-0.2, -0.15) is 0 Å². The van der Waals surface area contributed by atoms with E-state index in [-0.39, 0.29) is 12.5 Å². The highest BCUT2D eigenvalue weighted by Gasteiger charge is 2.34. The van der Waals surface area contributed by atoms with Crippen LogP contribution in [0.3, 0.4) is 0 Å². The summed E-state index contributed by atoms with van der Waals surface area (Å²) in [6, 6.07) is 0.840. The van der Waals surface area contributed by atoms with E-state index in [0.717, 1.165) is 19.1 Å². The number of carbonyl (C=O) groups excluding carboxylic acids is 1. The summed E-state index contributed by atoms with van der Waals surface area (Å²) < 4.78 is 1.43. The second-order valence-corrected chi connectivity index (χ2v) is 5.19. The highest BCUT2D eigenvalue weighted by Crippen LogP contribution is 2.31. The molecule has 1 saturated carbocycles. The van der Waals surface area contributed by atoms with Crippen molar-refractivity contribution in [1.82, 2.24) is 30.4 Å². The third-order valence-corrected chi connectivity index (χ3v) is 3.67. The molecule has 0 aromatic carbocycles. The summed E-state index contributed by atoms with van der Waals surface area (Å²) in [6.45, 7) is 3.30. The molecule has 1 aromatic rings. The Balaban J connectivity index is 1.37. The minimum absolute atomic E-state index is 0.0211. The Hall–Kier alpha value is -1.50. The molecule has 0 radical (unpaired) electrons. The highest BCUT2D eigenvalue weighted by atomic mass is 16.2. The fourth-order valence-corrected chi connectivity index (χ4v) is 2.51. The molecule has 2 fully saturated rings. The maximum absolute atomic E-state index is 11.7. The van der Waals surface area contributed by atoms with Crippen molar-refractivity contribution in [1.29, 1.82) is 0 Å². The minimum Gasteiger partial charge on any atom is -0.354 e. The topological polar surface area (TPSA) is 75.9 Å². The molecule has 2 aliphatic rings. The molecule has 0 spiro atoms. The van der Waals surface area contributed by atoms with Gasteiger partial charge in [0.2, 0.25) is 5.91 Å². The van der Waals surface area contributed by atoms with Gasteiger partial charge >= 0.3 is 0 Å². The predicted octanol–water partition coefficient (Wildman–Crippen LogP) is -0.726. The lowest BCUT2D eigenvalue weighted by molar-refractivity contribution is -0.122. The summed E-state index contributed by atoms with van der Waals surface area (Å²) >= 11 is 0. The van der Waals surface area contributed by atoms with Crippen molar-refractivity contribution in [3.8, 4) is 0 Å². The Kier molecular flexibility index (Phi) is 3.22. The number of hydrogen-bond donors (Lipinski definition) is 1. The Labute approximate surface area is 106 Å². The quantitative estimate of drug-likeness (QED) is 0.746. The standard InChI is InChI=1S/C11H18N6O/c18-11(7-17-8-13-14-15-17)12-5-9-3-4-16(6-9)10-1-2-10/h8-10H,1-7H2,(H,12,18). The van der Waals surface area contributed by atoms with Crippen molar-refractivity contribution in [3.63, 3.8) is 0 Å². The fourth-order valence-electron chi connectivity index (χ4n) is 2.51. The number of carbonyl (C=O) groups is 1. The number of nitrogens with one attached hydrogen (secondary N) is 1. The van der Waals surface area contributed by atoms with Gasteiger partial charge in [0.15, 0.2) is 0 Å². The van der Waals surface area contributed by atoms with Gasteiger partial charge in [-0.25, -0.2) is 4.68 Å².